The van der Waals surface area contributed by atoms with Crippen LogP contribution in [0.25, 0.3) is 0 Å². The molecule has 0 spiro atoms. The Balaban J connectivity index is 2.10. The summed E-state index contributed by atoms with van der Waals surface area (Å²) in [6, 6.07) is 5.95. The topological polar surface area (TPSA) is 50.7 Å². The molecule has 1 aliphatic heterocycles. The molecule has 0 aromatic heterocycles. The fourth-order valence-corrected chi connectivity index (χ4v) is 2.30. The van der Waals surface area contributed by atoms with Gasteiger partial charge in [-0.25, -0.2) is 0 Å². The normalized spacial score (nSPS) is 20.0. The van der Waals surface area contributed by atoms with Crippen molar-refractivity contribution in [2.24, 2.45) is 0 Å². The van der Waals surface area contributed by atoms with Crippen LogP contribution in [-0.4, -0.2) is 43.5 Å². The van der Waals surface area contributed by atoms with E-state index in [0.717, 1.165) is 24.2 Å². The minimum Gasteiger partial charge on any atom is -0.427 e. The number of halogens is 1. The van der Waals surface area contributed by atoms with E-state index < -0.39 is 11.2 Å². The molecule has 1 aromatic carbocycles. The van der Waals surface area contributed by atoms with Crippen LogP contribution in [0.1, 0.15) is 39.3 Å². The van der Waals surface area contributed by atoms with Gasteiger partial charge >= 0.3 is 7.48 Å². The van der Waals surface area contributed by atoms with Gasteiger partial charge < -0.3 is 19.8 Å². The average molecular weight is 325 g/mol. The summed E-state index contributed by atoms with van der Waals surface area (Å²) in [5.41, 5.74) is 0.279. The van der Waals surface area contributed by atoms with Gasteiger partial charge in [0, 0.05) is 11.6 Å². The molecule has 0 bridgehead atoms. The Bertz CT molecular complexity index is 511. The molecule has 0 amide bonds. The monoisotopic (exact) mass is 324 g/mol. The zero-order valence-electron chi connectivity index (χ0n) is 13.6. The minimum atomic E-state index is -0.955. The Morgan fingerprint density at radius 3 is 2.64 bits per heavy atom. The van der Waals surface area contributed by atoms with Crippen LogP contribution in [0, 0.1) is 0 Å². The highest BCUT2D eigenvalue weighted by Gasteiger charge is 2.35. The van der Waals surface area contributed by atoms with Crippen molar-refractivity contribution in [3.05, 3.63) is 28.8 Å². The maximum atomic E-state index is 10.1. The fraction of sp³-hybridized carbons (Fsp3) is 0.625. The van der Waals surface area contributed by atoms with Crippen molar-refractivity contribution in [1.29, 1.82) is 0 Å². The van der Waals surface area contributed by atoms with Crippen LogP contribution >= 0.6 is 11.6 Å². The Morgan fingerprint density at radius 2 is 2.05 bits per heavy atom. The van der Waals surface area contributed by atoms with Gasteiger partial charge in [-0.2, -0.15) is 0 Å². The first-order valence-corrected chi connectivity index (χ1v) is 7.92. The van der Waals surface area contributed by atoms with E-state index in [1.54, 1.807) is 21.3 Å². The first kappa shape index (κ1) is 17.8. The van der Waals surface area contributed by atoms with Crippen molar-refractivity contribution in [2.45, 2.75) is 44.9 Å². The van der Waals surface area contributed by atoms with E-state index in [0.29, 0.717) is 11.6 Å². The smallest absolute Gasteiger partial charge is 0.330 e. The van der Waals surface area contributed by atoms with Crippen LogP contribution in [0.15, 0.2) is 18.2 Å². The first-order valence-electron chi connectivity index (χ1n) is 7.54. The molecule has 1 saturated heterocycles. The van der Waals surface area contributed by atoms with Gasteiger partial charge in [-0.15, -0.1) is 0 Å². The maximum absolute atomic E-state index is 10.1. The molecule has 1 atom stereocenters. The quantitative estimate of drug-likeness (QED) is 0.811. The SMILES string of the molecule is CC(C)(O)C(C)(C)O[B]c1cc(Cl)cc(C2COCCN2)c1. The standard InChI is InChI=1S/C16H24BClNO3/c1-15(2,20)16(3,4)22-17-12-7-11(8-13(18)9-12)14-10-21-6-5-19-14/h7-9,14,19-20H,5-6,10H2,1-4H3. The van der Waals surface area contributed by atoms with Crippen molar-refractivity contribution in [3.63, 3.8) is 0 Å². The summed E-state index contributed by atoms with van der Waals surface area (Å²) in [5.74, 6) is 0. The first-order chi connectivity index (χ1) is 10.2. The van der Waals surface area contributed by atoms with Gasteiger partial charge in [0.25, 0.3) is 0 Å². The number of nitrogens with one attached hydrogen (secondary N) is 1. The average Bonchev–Trinajstić information content (AvgIpc) is 2.44. The van der Waals surface area contributed by atoms with E-state index in [-0.39, 0.29) is 6.04 Å². The highest BCUT2D eigenvalue weighted by molar-refractivity contribution is 6.48. The zero-order valence-corrected chi connectivity index (χ0v) is 14.4. The number of aliphatic hydroxyl groups is 1. The fourth-order valence-electron chi connectivity index (χ4n) is 2.04. The summed E-state index contributed by atoms with van der Waals surface area (Å²) < 4.78 is 11.3. The maximum Gasteiger partial charge on any atom is 0.330 e. The van der Waals surface area contributed by atoms with Crippen LogP contribution in [0.4, 0.5) is 0 Å². The van der Waals surface area contributed by atoms with E-state index in [1.807, 2.05) is 32.0 Å². The summed E-state index contributed by atoms with van der Waals surface area (Å²) in [5, 5.41) is 14.2. The molecule has 1 aromatic rings. The largest absolute Gasteiger partial charge is 0.427 e. The highest BCUT2D eigenvalue weighted by Crippen LogP contribution is 2.24. The molecule has 2 N–H and O–H groups in total. The van der Waals surface area contributed by atoms with Crippen molar-refractivity contribution < 1.29 is 14.5 Å². The molecular weight excluding hydrogens is 300 g/mol. The van der Waals surface area contributed by atoms with Gasteiger partial charge in [0.15, 0.2) is 0 Å². The van der Waals surface area contributed by atoms with E-state index in [4.69, 9.17) is 21.0 Å². The number of rotatable bonds is 5. The molecule has 22 heavy (non-hydrogen) atoms. The number of ether oxygens (including phenoxy) is 1. The van der Waals surface area contributed by atoms with Crippen LogP contribution in [0.5, 0.6) is 0 Å². The minimum absolute atomic E-state index is 0.141. The zero-order chi connectivity index (χ0) is 16.4. The predicted molar refractivity (Wildman–Crippen MR) is 89.9 cm³/mol. The third kappa shape index (κ3) is 4.46. The second-order valence-electron chi connectivity index (χ2n) is 6.70. The van der Waals surface area contributed by atoms with Crippen molar-refractivity contribution >= 4 is 24.5 Å². The van der Waals surface area contributed by atoms with Crippen molar-refractivity contribution in [2.75, 3.05) is 19.8 Å². The van der Waals surface area contributed by atoms with Gasteiger partial charge in [-0.05, 0) is 45.4 Å². The Hall–Kier alpha value is -0.585. The lowest BCUT2D eigenvalue weighted by atomic mass is 9.81. The third-order valence-electron chi connectivity index (χ3n) is 4.23. The van der Waals surface area contributed by atoms with Crippen LogP contribution in [0.2, 0.25) is 5.02 Å². The van der Waals surface area contributed by atoms with Crippen LogP contribution < -0.4 is 10.8 Å². The second kappa shape index (κ2) is 6.89. The molecule has 121 valence electrons. The molecule has 1 fully saturated rings. The predicted octanol–water partition coefficient (Wildman–Crippen LogP) is 1.81. The molecular formula is C16H24BClNO3. The molecule has 0 aliphatic carbocycles. The van der Waals surface area contributed by atoms with Crippen molar-refractivity contribution in [1.82, 2.24) is 5.32 Å². The van der Waals surface area contributed by atoms with Gasteiger partial charge in [0.2, 0.25) is 0 Å². The van der Waals surface area contributed by atoms with Gasteiger partial charge in [-0.1, -0.05) is 23.1 Å². The molecule has 1 radical (unpaired) electrons. The molecule has 0 saturated carbocycles. The number of hydrogen-bond acceptors (Lipinski definition) is 4. The lowest BCUT2D eigenvalue weighted by Crippen LogP contribution is -2.49. The summed E-state index contributed by atoms with van der Waals surface area (Å²) in [6.45, 7) is 9.37. The molecule has 2 rings (SSSR count). The number of hydrogen-bond donors (Lipinski definition) is 2. The Morgan fingerprint density at radius 1 is 1.32 bits per heavy atom. The van der Waals surface area contributed by atoms with E-state index in [2.05, 4.69) is 5.32 Å². The number of morpholine rings is 1. The molecule has 6 heteroatoms. The molecule has 1 heterocycles. The summed E-state index contributed by atoms with van der Waals surface area (Å²) in [6.07, 6.45) is 0. The van der Waals surface area contributed by atoms with Crippen LogP contribution in [0.3, 0.4) is 0 Å². The Kier molecular flexibility index (Phi) is 5.56. The molecule has 1 unspecified atom stereocenters. The van der Waals surface area contributed by atoms with Gasteiger partial charge in [-0.3, -0.25) is 0 Å². The van der Waals surface area contributed by atoms with E-state index in [9.17, 15) is 5.11 Å². The van der Waals surface area contributed by atoms with Gasteiger partial charge in [0.1, 0.15) is 0 Å². The lowest BCUT2D eigenvalue weighted by Gasteiger charge is -2.37. The molecule has 1 aliphatic rings. The van der Waals surface area contributed by atoms with E-state index in [1.165, 1.54) is 0 Å². The summed E-state index contributed by atoms with van der Waals surface area (Å²) in [4.78, 5) is 0. The van der Waals surface area contributed by atoms with Gasteiger partial charge in [0.05, 0.1) is 30.5 Å². The lowest BCUT2D eigenvalue weighted by molar-refractivity contribution is -0.0893. The third-order valence-corrected chi connectivity index (χ3v) is 4.45. The Labute approximate surface area is 138 Å². The van der Waals surface area contributed by atoms with Crippen molar-refractivity contribution in [3.8, 4) is 0 Å². The summed E-state index contributed by atoms with van der Waals surface area (Å²) >= 11 is 6.22. The highest BCUT2D eigenvalue weighted by atomic mass is 35.5. The molecule has 4 nitrogen and oxygen atoms in total. The summed E-state index contributed by atoms with van der Waals surface area (Å²) in [7, 11) is 1.65. The van der Waals surface area contributed by atoms with E-state index >= 15 is 0 Å². The second-order valence-corrected chi connectivity index (χ2v) is 7.14. The van der Waals surface area contributed by atoms with Crippen LogP contribution in [-0.2, 0) is 9.39 Å². The number of benzene rings is 1.